The summed E-state index contributed by atoms with van der Waals surface area (Å²) in [5.74, 6) is 1.89. The first-order valence-electron chi connectivity index (χ1n) is 11.3. The zero-order valence-electron chi connectivity index (χ0n) is 18.5. The molecule has 0 atom stereocenters. The highest BCUT2D eigenvalue weighted by Gasteiger charge is 2.02. The van der Waals surface area contributed by atoms with Crippen LogP contribution in [-0.4, -0.2) is 13.2 Å². The minimum atomic E-state index is -0.150. The van der Waals surface area contributed by atoms with E-state index in [1.54, 1.807) is 18.2 Å². The van der Waals surface area contributed by atoms with Gasteiger partial charge < -0.3 is 14.2 Å². The third-order valence-electron chi connectivity index (χ3n) is 4.89. The average Bonchev–Trinajstić information content (AvgIpc) is 2.94. The van der Waals surface area contributed by atoms with Gasteiger partial charge in [-0.15, -0.1) is 0 Å². The van der Waals surface area contributed by atoms with Crippen molar-refractivity contribution >= 4 is 0 Å². The van der Waals surface area contributed by atoms with Crippen LogP contribution in [-0.2, 0) is 6.61 Å². The second kappa shape index (κ2) is 14.5. The normalized spacial score (nSPS) is 10.6. The van der Waals surface area contributed by atoms with Crippen LogP contribution < -0.4 is 19.6 Å². The van der Waals surface area contributed by atoms with Crippen LogP contribution in [0.15, 0.2) is 53.3 Å². The average molecular weight is 413 g/mol. The van der Waals surface area contributed by atoms with Gasteiger partial charge in [0, 0.05) is 0 Å². The Kier molecular flexibility index (Phi) is 11.5. The first-order chi connectivity index (χ1) is 14.7. The van der Waals surface area contributed by atoms with E-state index in [9.17, 15) is 4.79 Å². The number of hydrogen-bond acceptors (Lipinski definition) is 4. The van der Waals surface area contributed by atoms with Crippen molar-refractivity contribution in [1.29, 1.82) is 0 Å². The number of ether oxygens (including phenoxy) is 3. The maximum Gasteiger partial charge on any atom is 0.220 e. The van der Waals surface area contributed by atoms with Crippen molar-refractivity contribution in [3.8, 4) is 17.2 Å². The molecule has 0 amide bonds. The van der Waals surface area contributed by atoms with E-state index < -0.39 is 0 Å². The molecule has 0 radical (unpaired) electrons. The Labute approximate surface area is 181 Å². The number of rotatable bonds is 15. The van der Waals surface area contributed by atoms with Crippen LogP contribution in [0, 0.1) is 0 Å². The molecule has 0 spiro atoms. The first-order valence-corrected chi connectivity index (χ1v) is 11.3. The summed E-state index contributed by atoms with van der Waals surface area (Å²) < 4.78 is 17.3. The van der Waals surface area contributed by atoms with Crippen LogP contribution in [0.2, 0.25) is 0 Å². The molecule has 4 heteroatoms. The fraction of sp³-hybridized carbons (Fsp3) is 0.500. The van der Waals surface area contributed by atoms with Gasteiger partial charge in [-0.1, -0.05) is 64.5 Å². The van der Waals surface area contributed by atoms with E-state index >= 15 is 0 Å². The smallest absolute Gasteiger partial charge is 0.220 e. The molecule has 0 N–H and O–H groups in total. The van der Waals surface area contributed by atoms with E-state index in [1.165, 1.54) is 44.6 Å². The lowest BCUT2D eigenvalue weighted by Crippen LogP contribution is -2.04. The quantitative estimate of drug-likeness (QED) is 0.311. The Balaban J connectivity index is 1.80. The number of unbranched alkanes of at least 4 members (excludes halogenated alkanes) is 6. The van der Waals surface area contributed by atoms with E-state index in [4.69, 9.17) is 14.2 Å². The maximum atomic E-state index is 12.3. The fourth-order valence-electron chi connectivity index (χ4n) is 3.03. The molecule has 0 aliphatic rings. The van der Waals surface area contributed by atoms with Crippen molar-refractivity contribution in [2.45, 2.75) is 71.8 Å². The van der Waals surface area contributed by atoms with Crippen LogP contribution in [0.3, 0.4) is 0 Å². The van der Waals surface area contributed by atoms with E-state index in [-0.39, 0.29) is 5.43 Å². The molecule has 4 nitrogen and oxygen atoms in total. The third kappa shape index (κ3) is 9.34. The van der Waals surface area contributed by atoms with E-state index in [2.05, 4.69) is 13.8 Å². The van der Waals surface area contributed by atoms with E-state index in [1.807, 2.05) is 24.3 Å². The van der Waals surface area contributed by atoms with Gasteiger partial charge in [-0.3, -0.25) is 4.79 Å². The lowest BCUT2D eigenvalue weighted by molar-refractivity contribution is 0.298. The molecular weight excluding hydrogens is 376 g/mol. The predicted octanol–water partition coefficient (Wildman–Crippen LogP) is 6.54. The summed E-state index contributed by atoms with van der Waals surface area (Å²) in [6.07, 6.45) is 9.39. The van der Waals surface area contributed by atoms with Crippen molar-refractivity contribution in [3.05, 3.63) is 64.3 Å². The molecule has 0 aliphatic carbocycles. The third-order valence-corrected chi connectivity index (χ3v) is 4.89. The van der Waals surface area contributed by atoms with Crippen LogP contribution in [0.4, 0.5) is 0 Å². The molecule has 0 aromatic heterocycles. The van der Waals surface area contributed by atoms with Gasteiger partial charge in [0.05, 0.1) is 13.2 Å². The molecule has 0 bridgehead atoms. The standard InChI is InChI=1S/C26H36O4/c1-3-5-7-9-19-28-23-13-11-22(12-14-23)21-30-26-18-16-24(15-17-25(26)27)29-20-10-8-6-4-2/h11-18H,3-10,19-21H2,1-2H3. The SMILES string of the molecule is CCCCCCOc1ccc(COc2ccc(OCCCCCC)ccc2=O)cc1. The molecule has 0 saturated carbocycles. The summed E-state index contributed by atoms with van der Waals surface area (Å²) >= 11 is 0. The second-order valence-corrected chi connectivity index (χ2v) is 7.55. The molecule has 2 rings (SSSR count). The molecule has 2 aromatic rings. The summed E-state index contributed by atoms with van der Waals surface area (Å²) in [6, 6.07) is 14.6. The lowest BCUT2D eigenvalue weighted by Gasteiger charge is -2.08. The zero-order chi connectivity index (χ0) is 21.4. The van der Waals surface area contributed by atoms with Crippen molar-refractivity contribution in [3.63, 3.8) is 0 Å². The molecule has 0 aliphatic heterocycles. The van der Waals surface area contributed by atoms with E-state index in [0.29, 0.717) is 24.7 Å². The Morgan fingerprint density at radius 1 is 0.600 bits per heavy atom. The van der Waals surface area contributed by atoms with Gasteiger partial charge in [0.1, 0.15) is 18.1 Å². The van der Waals surface area contributed by atoms with Gasteiger partial charge in [-0.05, 0) is 54.8 Å². The van der Waals surface area contributed by atoms with Crippen LogP contribution in [0.1, 0.15) is 70.8 Å². The van der Waals surface area contributed by atoms with Gasteiger partial charge in [-0.25, -0.2) is 0 Å². The summed E-state index contributed by atoms with van der Waals surface area (Å²) in [7, 11) is 0. The molecular formula is C26H36O4. The predicted molar refractivity (Wildman–Crippen MR) is 123 cm³/mol. The Bertz CT molecular complexity index is 771. The van der Waals surface area contributed by atoms with Crippen molar-refractivity contribution in [2.75, 3.05) is 13.2 Å². The first kappa shape index (κ1) is 23.8. The van der Waals surface area contributed by atoms with Crippen LogP contribution >= 0.6 is 0 Å². The monoisotopic (exact) mass is 412 g/mol. The molecule has 2 aromatic carbocycles. The molecule has 164 valence electrons. The molecule has 0 saturated heterocycles. The maximum absolute atomic E-state index is 12.3. The van der Waals surface area contributed by atoms with Gasteiger partial charge in [0.25, 0.3) is 0 Å². The topological polar surface area (TPSA) is 44.8 Å². The Hall–Kier alpha value is -2.49. The highest BCUT2D eigenvalue weighted by atomic mass is 16.5. The zero-order valence-corrected chi connectivity index (χ0v) is 18.5. The molecule has 0 heterocycles. The van der Waals surface area contributed by atoms with E-state index in [0.717, 1.165) is 30.8 Å². The van der Waals surface area contributed by atoms with Crippen molar-refractivity contribution < 1.29 is 14.2 Å². The molecule has 0 fully saturated rings. The van der Waals surface area contributed by atoms with Crippen molar-refractivity contribution in [1.82, 2.24) is 0 Å². The summed E-state index contributed by atoms with van der Waals surface area (Å²) in [5, 5.41) is 0. The van der Waals surface area contributed by atoms with Crippen LogP contribution in [0.5, 0.6) is 17.2 Å². The fourth-order valence-corrected chi connectivity index (χ4v) is 3.03. The van der Waals surface area contributed by atoms with Gasteiger partial charge in [0.15, 0.2) is 5.75 Å². The molecule has 0 unspecified atom stereocenters. The summed E-state index contributed by atoms with van der Waals surface area (Å²) in [6.45, 7) is 6.14. The highest BCUT2D eigenvalue weighted by molar-refractivity contribution is 5.30. The number of benzene rings is 1. The second-order valence-electron chi connectivity index (χ2n) is 7.55. The Morgan fingerprint density at radius 3 is 1.70 bits per heavy atom. The molecule has 30 heavy (non-hydrogen) atoms. The van der Waals surface area contributed by atoms with Gasteiger partial charge in [-0.2, -0.15) is 0 Å². The summed E-state index contributed by atoms with van der Waals surface area (Å²) in [4.78, 5) is 12.3. The number of hydrogen-bond donors (Lipinski definition) is 0. The minimum Gasteiger partial charge on any atom is -0.494 e. The Morgan fingerprint density at radius 2 is 1.13 bits per heavy atom. The van der Waals surface area contributed by atoms with Crippen LogP contribution in [0.25, 0.3) is 0 Å². The largest absolute Gasteiger partial charge is 0.494 e. The van der Waals surface area contributed by atoms with Gasteiger partial charge >= 0.3 is 0 Å². The lowest BCUT2D eigenvalue weighted by atomic mass is 10.2. The highest BCUT2D eigenvalue weighted by Crippen LogP contribution is 2.16. The summed E-state index contributed by atoms with van der Waals surface area (Å²) in [5.41, 5.74) is 0.842. The van der Waals surface area contributed by atoms with Crippen molar-refractivity contribution in [2.24, 2.45) is 0 Å². The van der Waals surface area contributed by atoms with Gasteiger partial charge in [0.2, 0.25) is 5.43 Å². The minimum absolute atomic E-state index is 0.150.